The van der Waals surface area contributed by atoms with E-state index in [2.05, 4.69) is 0 Å². The second-order valence-corrected chi connectivity index (χ2v) is 3.84. The molecule has 14 heavy (non-hydrogen) atoms. The molecule has 0 spiro atoms. The maximum Gasteiger partial charge on any atom is 0.123 e. The highest BCUT2D eigenvalue weighted by atomic mass is 19.1. The Balaban J connectivity index is 2.43. The first-order chi connectivity index (χ1) is 6.68. The number of rotatable bonds is 0. The SMILES string of the molecule is N[C@@H]1CCCc2cc(F)ccc2[C@@H]1O. The molecule has 2 rings (SSSR count). The summed E-state index contributed by atoms with van der Waals surface area (Å²) in [7, 11) is 0. The van der Waals surface area contributed by atoms with Crippen LogP contribution in [0.2, 0.25) is 0 Å². The van der Waals surface area contributed by atoms with Crippen LogP contribution in [0.3, 0.4) is 0 Å². The van der Waals surface area contributed by atoms with E-state index in [0.29, 0.717) is 0 Å². The number of benzene rings is 1. The average Bonchev–Trinajstić information content (AvgIpc) is 2.28. The summed E-state index contributed by atoms with van der Waals surface area (Å²) in [6.45, 7) is 0. The maximum absolute atomic E-state index is 12.9. The van der Waals surface area contributed by atoms with Crippen molar-refractivity contribution in [2.75, 3.05) is 0 Å². The van der Waals surface area contributed by atoms with E-state index < -0.39 is 6.10 Å². The Labute approximate surface area is 82.5 Å². The van der Waals surface area contributed by atoms with Crippen molar-refractivity contribution < 1.29 is 9.50 Å². The van der Waals surface area contributed by atoms with Crippen molar-refractivity contribution in [3.05, 3.63) is 35.1 Å². The third-order valence-corrected chi connectivity index (χ3v) is 2.81. The van der Waals surface area contributed by atoms with Crippen LogP contribution >= 0.6 is 0 Å². The largest absolute Gasteiger partial charge is 0.387 e. The van der Waals surface area contributed by atoms with Crippen molar-refractivity contribution in [2.45, 2.75) is 31.4 Å². The highest BCUT2D eigenvalue weighted by molar-refractivity contribution is 5.31. The summed E-state index contributed by atoms with van der Waals surface area (Å²) in [4.78, 5) is 0. The molecule has 0 bridgehead atoms. The summed E-state index contributed by atoms with van der Waals surface area (Å²) in [6.07, 6.45) is 1.86. The number of aliphatic hydroxyl groups is 1. The molecule has 76 valence electrons. The standard InChI is InChI=1S/C11H14FNO/c12-8-4-5-9-7(6-8)2-1-3-10(13)11(9)14/h4-6,10-11,14H,1-3,13H2/t10-,11+/m1/s1. The molecule has 2 nitrogen and oxygen atoms in total. The van der Waals surface area contributed by atoms with Crippen molar-refractivity contribution in [3.8, 4) is 0 Å². The molecule has 1 aliphatic carbocycles. The van der Waals surface area contributed by atoms with Crippen LogP contribution in [-0.2, 0) is 6.42 Å². The summed E-state index contributed by atoms with van der Waals surface area (Å²) in [5.74, 6) is -0.244. The lowest BCUT2D eigenvalue weighted by molar-refractivity contribution is 0.144. The lowest BCUT2D eigenvalue weighted by Crippen LogP contribution is -2.27. The van der Waals surface area contributed by atoms with E-state index in [1.807, 2.05) is 0 Å². The molecule has 1 aromatic rings. The summed E-state index contributed by atoms with van der Waals surface area (Å²) < 4.78 is 12.9. The first-order valence-corrected chi connectivity index (χ1v) is 4.90. The molecular formula is C11H14FNO. The minimum absolute atomic E-state index is 0.221. The monoisotopic (exact) mass is 195 g/mol. The predicted molar refractivity (Wildman–Crippen MR) is 52.3 cm³/mol. The van der Waals surface area contributed by atoms with Crippen LogP contribution in [0.1, 0.15) is 30.1 Å². The van der Waals surface area contributed by atoms with Gasteiger partial charge < -0.3 is 10.8 Å². The van der Waals surface area contributed by atoms with E-state index in [1.54, 1.807) is 6.07 Å². The first kappa shape index (κ1) is 9.62. The Bertz CT molecular complexity index is 340. The smallest absolute Gasteiger partial charge is 0.123 e. The lowest BCUT2D eigenvalue weighted by atomic mass is 9.99. The molecule has 0 saturated heterocycles. The van der Waals surface area contributed by atoms with E-state index in [-0.39, 0.29) is 11.9 Å². The Kier molecular flexibility index (Phi) is 2.52. The highest BCUT2D eigenvalue weighted by Crippen LogP contribution is 2.28. The molecule has 0 radical (unpaired) electrons. The zero-order valence-corrected chi connectivity index (χ0v) is 7.91. The first-order valence-electron chi connectivity index (χ1n) is 4.90. The number of fused-ring (bicyclic) bond motifs is 1. The Morgan fingerprint density at radius 3 is 3.00 bits per heavy atom. The Morgan fingerprint density at radius 1 is 1.43 bits per heavy atom. The summed E-state index contributed by atoms with van der Waals surface area (Å²) in [5, 5.41) is 9.85. The molecule has 2 atom stereocenters. The van der Waals surface area contributed by atoms with Gasteiger partial charge in [-0.25, -0.2) is 4.39 Å². The number of aryl methyl sites for hydroxylation is 1. The molecule has 0 amide bonds. The van der Waals surface area contributed by atoms with Gasteiger partial charge in [-0.1, -0.05) is 6.07 Å². The number of halogens is 1. The summed E-state index contributed by atoms with van der Waals surface area (Å²) in [5.41, 5.74) is 7.47. The van der Waals surface area contributed by atoms with Crippen molar-refractivity contribution in [1.29, 1.82) is 0 Å². The minimum atomic E-state index is -0.645. The third kappa shape index (κ3) is 1.65. The van der Waals surface area contributed by atoms with Gasteiger partial charge >= 0.3 is 0 Å². The predicted octanol–water partition coefficient (Wildman–Crippen LogP) is 1.52. The van der Waals surface area contributed by atoms with Gasteiger partial charge in [0.05, 0.1) is 6.10 Å². The van der Waals surface area contributed by atoms with Gasteiger partial charge in [0.2, 0.25) is 0 Å². The van der Waals surface area contributed by atoms with Gasteiger partial charge in [-0.15, -0.1) is 0 Å². The zero-order chi connectivity index (χ0) is 10.1. The molecular weight excluding hydrogens is 181 g/mol. The van der Waals surface area contributed by atoms with Crippen LogP contribution in [-0.4, -0.2) is 11.1 Å². The van der Waals surface area contributed by atoms with Gasteiger partial charge in [0.25, 0.3) is 0 Å². The second-order valence-electron chi connectivity index (χ2n) is 3.84. The Morgan fingerprint density at radius 2 is 2.21 bits per heavy atom. The molecule has 1 aromatic carbocycles. The molecule has 0 heterocycles. The quantitative estimate of drug-likeness (QED) is 0.616. The van der Waals surface area contributed by atoms with E-state index in [0.717, 1.165) is 30.4 Å². The van der Waals surface area contributed by atoms with E-state index in [1.165, 1.54) is 12.1 Å². The zero-order valence-electron chi connectivity index (χ0n) is 7.91. The fraction of sp³-hybridized carbons (Fsp3) is 0.455. The fourth-order valence-corrected chi connectivity index (χ4v) is 2.00. The van der Waals surface area contributed by atoms with E-state index in [9.17, 15) is 9.50 Å². The van der Waals surface area contributed by atoms with Gasteiger partial charge in [0.1, 0.15) is 5.82 Å². The van der Waals surface area contributed by atoms with Gasteiger partial charge in [0.15, 0.2) is 0 Å². The number of hydrogen-bond acceptors (Lipinski definition) is 2. The van der Waals surface area contributed by atoms with Crippen molar-refractivity contribution >= 4 is 0 Å². The number of nitrogens with two attached hydrogens (primary N) is 1. The van der Waals surface area contributed by atoms with Crippen molar-refractivity contribution in [1.82, 2.24) is 0 Å². The number of hydrogen-bond donors (Lipinski definition) is 2. The Hall–Kier alpha value is -0.930. The van der Waals surface area contributed by atoms with Crippen LogP contribution in [0.4, 0.5) is 4.39 Å². The molecule has 0 fully saturated rings. The van der Waals surface area contributed by atoms with Gasteiger partial charge in [-0.2, -0.15) is 0 Å². The summed E-state index contributed by atoms with van der Waals surface area (Å²) >= 11 is 0. The van der Waals surface area contributed by atoms with E-state index in [4.69, 9.17) is 5.73 Å². The summed E-state index contributed by atoms with van der Waals surface area (Å²) in [6, 6.07) is 4.29. The highest BCUT2D eigenvalue weighted by Gasteiger charge is 2.22. The lowest BCUT2D eigenvalue weighted by Gasteiger charge is -2.17. The fourth-order valence-electron chi connectivity index (χ4n) is 2.00. The normalized spacial score (nSPS) is 26.8. The van der Waals surface area contributed by atoms with Gasteiger partial charge in [-0.05, 0) is 42.5 Å². The molecule has 0 aromatic heterocycles. The van der Waals surface area contributed by atoms with Crippen molar-refractivity contribution in [3.63, 3.8) is 0 Å². The van der Waals surface area contributed by atoms with Crippen LogP contribution in [0, 0.1) is 5.82 Å². The van der Waals surface area contributed by atoms with Gasteiger partial charge in [0, 0.05) is 6.04 Å². The molecule has 3 N–H and O–H groups in total. The van der Waals surface area contributed by atoms with Gasteiger partial charge in [-0.3, -0.25) is 0 Å². The molecule has 0 unspecified atom stereocenters. The third-order valence-electron chi connectivity index (χ3n) is 2.81. The van der Waals surface area contributed by atoms with Crippen LogP contribution in [0.15, 0.2) is 18.2 Å². The molecule has 1 aliphatic rings. The minimum Gasteiger partial charge on any atom is -0.387 e. The molecule has 0 aliphatic heterocycles. The van der Waals surface area contributed by atoms with Crippen molar-refractivity contribution in [2.24, 2.45) is 5.73 Å². The number of aliphatic hydroxyl groups excluding tert-OH is 1. The average molecular weight is 195 g/mol. The van der Waals surface area contributed by atoms with Crippen LogP contribution < -0.4 is 5.73 Å². The van der Waals surface area contributed by atoms with Crippen LogP contribution in [0.5, 0.6) is 0 Å². The van der Waals surface area contributed by atoms with Crippen LogP contribution in [0.25, 0.3) is 0 Å². The molecule has 0 saturated carbocycles. The maximum atomic E-state index is 12.9. The second kappa shape index (κ2) is 3.67. The molecule has 3 heteroatoms. The van der Waals surface area contributed by atoms with E-state index >= 15 is 0 Å². The topological polar surface area (TPSA) is 46.2 Å².